The van der Waals surface area contributed by atoms with Gasteiger partial charge < -0.3 is 14.2 Å². The van der Waals surface area contributed by atoms with Crippen LogP contribution in [0, 0.1) is 0 Å². The molecule has 0 saturated heterocycles. The maximum Gasteiger partial charge on any atom is 0.262 e. The second-order valence-electron chi connectivity index (χ2n) is 5.60. The van der Waals surface area contributed by atoms with Crippen molar-refractivity contribution in [2.45, 2.75) is 11.8 Å². The van der Waals surface area contributed by atoms with E-state index >= 15 is 0 Å². The number of anilines is 1. The average Bonchev–Trinajstić information content (AvgIpc) is 2.67. The molecule has 0 saturated carbocycles. The van der Waals surface area contributed by atoms with Gasteiger partial charge in [-0.2, -0.15) is 0 Å². The minimum absolute atomic E-state index is 0.107. The number of sulfonamides is 1. The molecule has 142 valence electrons. The van der Waals surface area contributed by atoms with Crippen LogP contribution >= 0.6 is 0 Å². The first-order valence-electron chi connectivity index (χ1n) is 8.25. The molecule has 0 fully saturated rings. The van der Waals surface area contributed by atoms with Crippen LogP contribution < -0.4 is 18.9 Å². The number of benzene rings is 2. The van der Waals surface area contributed by atoms with Crippen LogP contribution in [0.1, 0.15) is 6.92 Å². The molecule has 3 rings (SSSR count). The molecule has 7 nitrogen and oxygen atoms in total. The SMILES string of the molecule is CCOc1ccc(S(=O)(=O)Nc2cc(OC)cc(OC)c2)c2cccnc12. The second-order valence-corrected chi connectivity index (χ2v) is 7.25. The summed E-state index contributed by atoms with van der Waals surface area (Å²) in [6, 6.07) is 11.3. The van der Waals surface area contributed by atoms with Gasteiger partial charge in [-0.05, 0) is 31.2 Å². The molecule has 0 bridgehead atoms. The maximum atomic E-state index is 13.0. The van der Waals surface area contributed by atoms with Crippen LogP contribution in [0.25, 0.3) is 10.9 Å². The van der Waals surface area contributed by atoms with Crippen LogP contribution in [0.2, 0.25) is 0 Å². The highest BCUT2D eigenvalue weighted by Crippen LogP contribution is 2.32. The van der Waals surface area contributed by atoms with E-state index in [1.807, 2.05) is 6.92 Å². The lowest BCUT2D eigenvalue weighted by atomic mass is 10.2. The van der Waals surface area contributed by atoms with Crippen LogP contribution in [0.15, 0.2) is 53.6 Å². The number of aromatic nitrogens is 1. The van der Waals surface area contributed by atoms with E-state index in [9.17, 15) is 8.42 Å². The lowest BCUT2D eigenvalue weighted by Gasteiger charge is -2.14. The first kappa shape index (κ1) is 18.8. The molecule has 1 N–H and O–H groups in total. The molecule has 0 radical (unpaired) electrons. The van der Waals surface area contributed by atoms with Crippen molar-refractivity contribution < 1.29 is 22.6 Å². The third-order valence-corrected chi connectivity index (χ3v) is 5.33. The Labute approximate surface area is 158 Å². The number of methoxy groups -OCH3 is 2. The second kappa shape index (κ2) is 7.71. The van der Waals surface area contributed by atoms with Crippen molar-refractivity contribution in [3.05, 3.63) is 48.7 Å². The van der Waals surface area contributed by atoms with Crippen molar-refractivity contribution in [3.63, 3.8) is 0 Å². The Balaban J connectivity index is 2.07. The summed E-state index contributed by atoms with van der Waals surface area (Å²) in [4.78, 5) is 4.39. The summed E-state index contributed by atoms with van der Waals surface area (Å²) in [6.07, 6.45) is 1.60. The monoisotopic (exact) mass is 388 g/mol. The van der Waals surface area contributed by atoms with Crippen LogP contribution in [0.4, 0.5) is 5.69 Å². The van der Waals surface area contributed by atoms with Gasteiger partial charge in [0.2, 0.25) is 0 Å². The molecule has 8 heteroatoms. The van der Waals surface area contributed by atoms with E-state index in [4.69, 9.17) is 14.2 Å². The maximum absolute atomic E-state index is 13.0. The zero-order valence-electron chi connectivity index (χ0n) is 15.2. The Hall–Kier alpha value is -3.00. The fourth-order valence-electron chi connectivity index (χ4n) is 2.70. The third kappa shape index (κ3) is 3.90. The van der Waals surface area contributed by atoms with Crippen molar-refractivity contribution >= 4 is 26.6 Å². The Kier molecular flexibility index (Phi) is 5.36. The van der Waals surface area contributed by atoms with Gasteiger partial charge in [-0.1, -0.05) is 0 Å². The molecule has 1 heterocycles. The van der Waals surface area contributed by atoms with Crippen LogP contribution in [-0.4, -0.2) is 34.2 Å². The largest absolute Gasteiger partial charge is 0.497 e. The molecule has 2 aromatic carbocycles. The predicted octanol–water partition coefficient (Wildman–Crippen LogP) is 3.45. The molecule has 0 amide bonds. The van der Waals surface area contributed by atoms with E-state index in [-0.39, 0.29) is 4.90 Å². The van der Waals surface area contributed by atoms with E-state index in [2.05, 4.69) is 9.71 Å². The van der Waals surface area contributed by atoms with E-state index in [1.165, 1.54) is 20.3 Å². The summed E-state index contributed by atoms with van der Waals surface area (Å²) in [7, 11) is -0.881. The van der Waals surface area contributed by atoms with Gasteiger partial charge in [0.1, 0.15) is 22.8 Å². The minimum Gasteiger partial charge on any atom is -0.497 e. The third-order valence-electron chi connectivity index (χ3n) is 3.89. The van der Waals surface area contributed by atoms with E-state index < -0.39 is 10.0 Å². The average molecular weight is 388 g/mol. The predicted molar refractivity (Wildman–Crippen MR) is 103 cm³/mol. The van der Waals surface area contributed by atoms with Crippen molar-refractivity contribution in [2.75, 3.05) is 25.5 Å². The van der Waals surface area contributed by atoms with Gasteiger partial charge in [0.25, 0.3) is 10.0 Å². The van der Waals surface area contributed by atoms with E-state index in [1.54, 1.807) is 42.6 Å². The number of nitrogens with one attached hydrogen (secondary N) is 1. The fraction of sp³-hybridized carbons (Fsp3) is 0.211. The molecule has 27 heavy (non-hydrogen) atoms. The topological polar surface area (TPSA) is 86.8 Å². The molecular weight excluding hydrogens is 368 g/mol. The number of fused-ring (bicyclic) bond motifs is 1. The van der Waals surface area contributed by atoms with Crippen LogP contribution in [-0.2, 0) is 10.0 Å². The number of hydrogen-bond acceptors (Lipinski definition) is 6. The highest BCUT2D eigenvalue weighted by atomic mass is 32.2. The first-order chi connectivity index (χ1) is 13.0. The van der Waals surface area contributed by atoms with E-state index in [0.717, 1.165) is 0 Å². The summed E-state index contributed by atoms with van der Waals surface area (Å²) in [5.41, 5.74) is 0.822. The quantitative estimate of drug-likeness (QED) is 0.667. The molecular formula is C19H20N2O5S. The lowest BCUT2D eigenvalue weighted by Crippen LogP contribution is -2.14. The number of ether oxygens (including phenoxy) is 3. The van der Waals surface area contributed by atoms with Crippen molar-refractivity contribution in [2.24, 2.45) is 0 Å². The molecule has 0 spiro atoms. The van der Waals surface area contributed by atoms with Crippen molar-refractivity contribution in [1.29, 1.82) is 0 Å². The van der Waals surface area contributed by atoms with Crippen LogP contribution in [0.3, 0.4) is 0 Å². The van der Waals surface area contributed by atoms with Crippen LogP contribution in [0.5, 0.6) is 17.2 Å². The summed E-state index contributed by atoms with van der Waals surface area (Å²) in [6.45, 7) is 2.32. The standard InChI is InChI=1S/C19H20N2O5S/c1-4-26-17-7-8-18(16-6-5-9-20-19(16)17)27(22,23)21-13-10-14(24-2)12-15(11-13)25-3/h5-12,21H,4H2,1-3H3. The summed E-state index contributed by atoms with van der Waals surface area (Å²) >= 11 is 0. The number of rotatable bonds is 7. The minimum atomic E-state index is -3.88. The number of nitrogens with zero attached hydrogens (tertiary/aromatic N) is 1. The molecule has 0 atom stereocenters. The molecule has 0 aliphatic carbocycles. The van der Waals surface area contributed by atoms with Gasteiger partial charge >= 0.3 is 0 Å². The summed E-state index contributed by atoms with van der Waals surface area (Å²) in [5.74, 6) is 1.49. The van der Waals surface area contributed by atoms with Gasteiger partial charge in [-0.3, -0.25) is 9.71 Å². The molecule has 3 aromatic rings. The highest BCUT2D eigenvalue weighted by molar-refractivity contribution is 7.93. The van der Waals surface area contributed by atoms with E-state index in [0.29, 0.717) is 40.4 Å². The lowest BCUT2D eigenvalue weighted by molar-refractivity contribution is 0.343. The molecule has 0 unspecified atom stereocenters. The normalized spacial score (nSPS) is 11.2. The number of pyridine rings is 1. The Bertz CT molecular complexity index is 1040. The summed E-state index contributed by atoms with van der Waals surface area (Å²) < 4.78 is 44.5. The van der Waals surface area contributed by atoms with Crippen molar-refractivity contribution in [1.82, 2.24) is 4.98 Å². The highest BCUT2D eigenvalue weighted by Gasteiger charge is 2.20. The Morgan fingerprint density at radius 2 is 1.74 bits per heavy atom. The van der Waals surface area contributed by atoms with Gasteiger partial charge in [-0.15, -0.1) is 0 Å². The Morgan fingerprint density at radius 1 is 1.04 bits per heavy atom. The zero-order chi connectivity index (χ0) is 19.4. The smallest absolute Gasteiger partial charge is 0.262 e. The first-order valence-corrected chi connectivity index (χ1v) is 9.73. The summed E-state index contributed by atoms with van der Waals surface area (Å²) in [5, 5.41) is 0.478. The number of hydrogen-bond donors (Lipinski definition) is 1. The van der Waals surface area contributed by atoms with Gasteiger partial charge in [0, 0.05) is 29.8 Å². The van der Waals surface area contributed by atoms with Gasteiger partial charge in [0.05, 0.1) is 31.4 Å². The van der Waals surface area contributed by atoms with Gasteiger partial charge in [-0.25, -0.2) is 8.42 Å². The van der Waals surface area contributed by atoms with Crippen molar-refractivity contribution in [3.8, 4) is 17.2 Å². The molecule has 0 aliphatic heterocycles. The fourth-order valence-corrected chi connectivity index (χ4v) is 3.94. The molecule has 1 aromatic heterocycles. The Morgan fingerprint density at radius 3 is 2.37 bits per heavy atom. The van der Waals surface area contributed by atoms with Gasteiger partial charge in [0.15, 0.2) is 0 Å². The zero-order valence-corrected chi connectivity index (χ0v) is 16.0. The molecule has 0 aliphatic rings.